The third-order valence-corrected chi connectivity index (χ3v) is 3.14. The Morgan fingerprint density at radius 3 is 2.67 bits per heavy atom. The molecule has 0 bridgehead atoms. The Morgan fingerprint density at radius 1 is 1.22 bits per heavy atom. The van der Waals surface area contributed by atoms with E-state index in [1.807, 2.05) is 19.1 Å². The third-order valence-electron chi connectivity index (χ3n) is 2.91. The molecule has 0 aliphatic rings. The summed E-state index contributed by atoms with van der Waals surface area (Å²) in [5.74, 6) is -0.285. The molecule has 1 N–H and O–H groups in total. The number of aryl methyl sites for hydroxylation is 1. The topological polar surface area (TPSA) is 20.2 Å². The first kappa shape index (κ1) is 13.1. The van der Waals surface area contributed by atoms with Crippen LogP contribution in [-0.4, -0.2) is 5.11 Å². The summed E-state index contributed by atoms with van der Waals surface area (Å²) in [4.78, 5) is 0. The summed E-state index contributed by atoms with van der Waals surface area (Å²) in [5.41, 5.74) is 2.53. The van der Waals surface area contributed by atoms with E-state index in [0.29, 0.717) is 11.4 Å². The van der Waals surface area contributed by atoms with Gasteiger partial charge in [0.15, 0.2) is 0 Å². The Kier molecular flexibility index (Phi) is 4.00. The van der Waals surface area contributed by atoms with E-state index in [1.165, 1.54) is 12.1 Å². The predicted molar refractivity (Wildman–Crippen MR) is 71.3 cm³/mol. The Hall–Kier alpha value is -1.38. The number of aliphatic hydroxyl groups excluding tert-OH is 1. The van der Waals surface area contributed by atoms with Crippen molar-refractivity contribution in [2.45, 2.75) is 19.4 Å². The van der Waals surface area contributed by atoms with Crippen LogP contribution in [0.1, 0.15) is 22.8 Å². The zero-order valence-corrected chi connectivity index (χ0v) is 10.8. The van der Waals surface area contributed by atoms with Crippen LogP contribution in [0, 0.1) is 12.7 Å². The molecule has 0 amide bonds. The van der Waals surface area contributed by atoms with Crippen LogP contribution in [0.25, 0.3) is 0 Å². The minimum Gasteiger partial charge on any atom is -0.388 e. The average Bonchev–Trinajstić information content (AvgIpc) is 2.28. The first-order chi connectivity index (χ1) is 8.56. The van der Waals surface area contributed by atoms with Gasteiger partial charge in [0.05, 0.1) is 6.10 Å². The highest BCUT2D eigenvalue weighted by Gasteiger charge is 2.11. The molecule has 0 fully saturated rings. The van der Waals surface area contributed by atoms with Gasteiger partial charge in [0.1, 0.15) is 5.82 Å². The van der Waals surface area contributed by atoms with E-state index in [9.17, 15) is 9.50 Å². The molecular formula is C15H14ClFO. The maximum Gasteiger partial charge on any atom is 0.123 e. The summed E-state index contributed by atoms with van der Waals surface area (Å²) < 4.78 is 13.1. The molecule has 2 rings (SSSR count). The van der Waals surface area contributed by atoms with Gasteiger partial charge in [-0.3, -0.25) is 0 Å². The Labute approximate surface area is 111 Å². The van der Waals surface area contributed by atoms with Crippen molar-refractivity contribution in [1.82, 2.24) is 0 Å². The maximum atomic E-state index is 13.1. The van der Waals surface area contributed by atoms with Crippen molar-refractivity contribution < 1.29 is 9.50 Å². The number of halogens is 2. The molecule has 0 aromatic heterocycles. The van der Waals surface area contributed by atoms with Gasteiger partial charge in [-0.05, 0) is 47.9 Å². The fraction of sp³-hybridized carbons (Fsp3) is 0.200. The zero-order valence-electron chi connectivity index (χ0n) is 10.0. The molecule has 1 atom stereocenters. The van der Waals surface area contributed by atoms with Crippen LogP contribution in [0.3, 0.4) is 0 Å². The molecule has 0 heterocycles. The fourth-order valence-corrected chi connectivity index (χ4v) is 2.24. The molecule has 94 valence electrons. The zero-order chi connectivity index (χ0) is 13.1. The van der Waals surface area contributed by atoms with Gasteiger partial charge in [0, 0.05) is 11.4 Å². The largest absolute Gasteiger partial charge is 0.388 e. The highest BCUT2D eigenvalue weighted by molar-refractivity contribution is 6.30. The lowest BCUT2D eigenvalue weighted by molar-refractivity contribution is 0.177. The monoisotopic (exact) mass is 264 g/mol. The standard InChI is InChI=1S/C15H14ClFO/c1-10-7-12(16)5-6-14(10)15(18)9-11-3-2-4-13(17)8-11/h2-8,15,18H,9H2,1H3. The van der Waals surface area contributed by atoms with E-state index in [4.69, 9.17) is 11.6 Å². The van der Waals surface area contributed by atoms with Crippen molar-refractivity contribution in [3.63, 3.8) is 0 Å². The smallest absolute Gasteiger partial charge is 0.123 e. The van der Waals surface area contributed by atoms with Crippen molar-refractivity contribution in [1.29, 1.82) is 0 Å². The quantitative estimate of drug-likeness (QED) is 0.886. The van der Waals surface area contributed by atoms with Crippen LogP contribution < -0.4 is 0 Å². The van der Waals surface area contributed by atoms with Crippen molar-refractivity contribution in [2.75, 3.05) is 0 Å². The summed E-state index contributed by atoms with van der Waals surface area (Å²) in [6, 6.07) is 11.6. The molecule has 0 saturated carbocycles. The molecular weight excluding hydrogens is 251 g/mol. The lowest BCUT2D eigenvalue weighted by Gasteiger charge is -2.14. The van der Waals surface area contributed by atoms with Crippen LogP contribution >= 0.6 is 11.6 Å². The highest BCUT2D eigenvalue weighted by atomic mass is 35.5. The fourth-order valence-electron chi connectivity index (χ4n) is 2.01. The van der Waals surface area contributed by atoms with E-state index in [2.05, 4.69) is 0 Å². The Balaban J connectivity index is 2.19. The second-order valence-electron chi connectivity index (χ2n) is 4.35. The highest BCUT2D eigenvalue weighted by Crippen LogP contribution is 2.24. The summed E-state index contributed by atoms with van der Waals surface area (Å²) in [5, 5.41) is 10.8. The van der Waals surface area contributed by atoms with E-state index in [1.54, 1.807) is 18.2 Å². The first-order valence-corrected chi connectivity index (χ1v) is 6.12. The predicted octanol–water partition coefficient (Wildman–Crippen LogP) is 4.06. The molecule has 0 aliphatic heterocycles. The van der Waals surface area contributed by atoms with Gasteiger partial charge in [0.25, 0.3) is 0 Å². The minimum absolute atomic E-state index is 0.285. The van der Waals surface area contributed by atoms with Gasteiger partial charge in [-0.15, -0.1) is 0 Å². The van der Waals surface area contributed by atoms with Gasteiger partial charge >= 0.3 is 0 Å². The SMILES string of the molecule is Cc1cc(Cl)ccc1C(O)Cc1cccc(F)c1. The molecule has 0 saturated heterocycles. The van der Waals surface area contributed by atoms with Crippen LogP contribution in [0.4, 0.5) is 4.39 Å². The van der Waals surface area contributed by atoms with Crippen molar-refractivity contribution in [3.8, 4) is 0 Å². The summed E-state index contributed by atoms with van der Waals surface area (Å²) in [7, 11) is 0. The van der Waals surface area contributed by atoms with Gasteiger partial charge in [-0.25, -0.2) is 4.39 Å². The van der Waals surface area contributed by atoms with Gasteiger partial charge < -0.3 is 5.11 Å². The molecule has 0 radical (unpaired) electrons. The second-order valence-corrected chi connectivity index (χ2v) is 4.79. The van der Waals surface area contributed by atoms with E-state index in [0.717, 1.165) is 16.7 Å². The lowest BCUT2D eigenvalue weighted by atomic mass is 9.98. The number of aliphatic hydroxyl groups is 1. The lowest BCUT2D eigenvalue weighted by Crippen LogP contribution is -2.04. The molecule has 0 aliphatic carbocycles. The molecule has 1 unspecified atom stereocenters. The van der Waals surface area contributed by atoms with Crippen LogP contribution in [0.2, 0.25) is 5.02 Å². The summed E-state index contributed by atoms with van der Waals surface area (Å²) in [6.07, 6.45) is -0.260. The number of rotatable bonds is 3. The van der Waals surface area contributed by atoms with Gasteiger partial charge in [-0.2, -0.15) is 0 Å². The molecule has 18 heavy (non-hydrogen) atoms. The third kappa shape index (κ3) is 3.09. The van der Waals surface area contributed by atoms with Crippen LogP contribution in [0.15, 0.2) is 42.5 Å². The normalized spacial score (nSPS) is 12.4. The van der Waals surface area contributed by atoms with Crippen LogP contribution in [0.5, 0.6) is 0 Å². The average molecular weight is 265 g/mol. The Morgan fingerprint density at radius 2 is 2.00 bits per heavy atom. The minimum atomic E-state index is -0.649. The van der Waals surface area contributed by atoms with E-state index in [-0.39, 0.29) is 5.82 Å². The van der Waals surface area contributed by atoms with E-state index >= 15 is 0 Å². The Bertz CT molecular complexity index is 554. The van der Waals surface area contributed by atoms with Gasteiger partial charge in [0.2, 0.25) is 0 Å². The molecule has 2 aromatic carbocycles. The molecule has 3 heteroatoms. The van der Waals surface area contributed by atoms with Crippen molar-refractivity contribution in [2.24, 2.45) is 0 Å². The van der Waals surface area contributed by atoms with Crippen LogP contribution in [-0.2, 0) is 6.42 Å². The van der Waals surface area contributed by atoms with Gasteiger partial charge in [-0.1, -0.05) is 29.8 Å². The number of hydrogen-bond donors (Lipinski definition) is 1. The molecule has 1 nitrogen and oxygen atoms in total. The maximum absolute atomic E-state index is 13.1. The molecule has 2 aromatic rings. The number of hydrogen-bond acceptors (Lipinski definition) is 1. The summed E-state index contributed by atoms with van der Waals surface area (Å²) >= 11 is 5.87. The molecule has 0 spiro atoms. The number of benzene rings is 2. The summed E-state index contributed by atoms with van der Waals surface area (Å²) in [6.45, 7) is 1.90. The first-order valence-electron chi connectivity index (χ1n) is 5.75. The van der Waals surface area contributed by atoms with E-state index < -0.39 is 6.10 Å². The van der Waals surface area contributed by atoms with Crippen molar-refractivity contribution in [3.05, 3.63) is 70.0 Å². The van der Waals surface area contributed by atoms with Crippen molar-refractivity contribution >= 4 is 11.6 Å². The second kappa shape index (κ2) is 5.51.